The van der Waals surface area contributed by atoms with Crippen molar-refractivity contribution in [1.82, 2.24) is 20.4 Å². The van der Waals surface area contributed by atoms with Crippen LogP contribution in [0, 0.1) is 11.7 Å². The van der Waals surface area contributed by atoms with Crippen LogP contribution in [0.5, 0.6) is 5.75 Å². The molecule has 2 heterocycles. The molecule has 10 nitrogen and oxygen atoms in total. The zero-order valence-electron chi connectivity index (χ0n) is 24.3. The van der Waals surface area contributed by atoms with Crippen LogP contribution in [0.4, 0.5) is 4.39 Å². The fourth-order valence-corrected chi connectivity index (χ4v) is 5.55. The van der Waals surface area contributed by atoms with Gasteiger partial charge in [-0.15, -0.1) is 0 Å². The fourth-order valence-electron chi connectivity index (χ4n) is 5.55. The smallest absolute Gasteiger partial charge is 0.339 e. The number of aryl methyl sites for hydroxylation is 1. The molecule has 0 saturated carbocycles. The monoisotopic (exact) mass is 582 g/mol. The first kappa shape index (κ1) is 31.0. The lowest BCUT2D eigenvalue weighted by molar-refractivity contribution is -0.126. The Hall–Kier alpha value is -3.99. The minimum atomic E-state index is -1.12. The quantitative estimate of drug-likeness (QED) is 0.495. The highest BCUT2D eigenvalue weighted by Gasteiger charge is 2.37. The first-order chi connectivity index (χ1) is 20.1. The van der Waals surface area contributed by atoms with Crippen molar-refractivity contribution in [2.45, 2.75) is 58.2 Å². The Morgan fingerprint density at radius 1 is 1.14 bits per heavy atom. The van der Waals surface area contributed by atoms with Gasteiger partial charge >= 0.3 is 5.97 Å². The van der Waals surface area contributed by atoms with E-state index >= 15 is 0 Å². The van der Waals surface area contributed by atoms with Crippen molar-refractivity contribution in [3.8, 4) is 5.75 Å². The van der Waals surface area contributed by atoms with E-state index in [0.717, 1.165) is 5.56 Å². The third-order valence-corrected chi connectivity index (χ3v) is 7.90. The molecule has 3 amide bonds. The molecule has 226 valence electrons. The van der Waals surface area contributed by atoms with Crippen molar-refractivity contribution in [2.75, 3.05) is 33.3 Å². The lowest BCUT2D eigenvalue weighted by Gasteiger charge is -2.32. The number of methoxy groups -OCH3 is 1. The standard InChI is InChI=1S/C31H39FN4O6/c1-19(2)25-17-35(16-21-9-11-27(42-3)23(15-21)31(40)41)18-28(37)33-12-4-6-20-8-10-24(32)22(14-20)30(39)36-13-5-7-26(36)29(38)34-25/h8-11,14-15,19,25-26H,4-7,12-13,16-18H2,1-3H3,(H,33,37)(H,34,38)(H,40,41)/t25-,26-/m0/s1. The maximum atomic E-state index is 14.8. The number of amides is 3. The summed E-state index contributed by atoms with van der Waals surface area (Å²) in [5.41, 5.74) is 1.42. The van der Waals surface area contributed by atoms with Crippen molar-refractivity contribution in [2.24, 2.45) is 5.92 Å². The first-order valence-electron chi connectivity index (χ1n) is 14.4. The molecule has 0 aliphatic carbocycles. The van der Waals surface area contributed by atoms with E-state index in [1.807, 2.05) is 18.7 Å². The normalized spacial score (nSPS) is 21.0. The summed E-state index contributed by atoms with van der Waals surface area (Å²) in [6, 6.07) is 8.22. The number of halogens is 1. The number of ether oxygens (including phenoxy) is 1. The number of carbonyl (C=O) groups excluding carboxylic acids is 3. The second kappa shape index (κ2) is 13.8. The molecular weight excluding hydrogens is 543 g/mol. The van der Waals surface area contributed by atoms with Crippen LogP contribution in [0.2, 0.25) is 0 Å². The number of carbonyl (C=O) groups is 4. The minimum absolute atomic E-state index is 0.0183. The Labute approximate surface area is 245 Å². The maximum Gasteiger partial charge on any atom is 0.339 e. The van der Waals surface area contributed by atoms with Crippen LogP contribution in [-0.2, 0) is 22.6 Å². The lowest BCUT2D eigenvalue weighted by atomic mass is 10.0. The van der Waals surface area contributed by atoms with Gasteiger partial charge in [-0.25, -0.2) is 9.18 Å². The molecule has 4 rings (SSSR count). The van der Waals surface area contributed by atoms with Gasteiger partial charge in [-0.2, -0.15) is 0 Å². The predicted octanol–water partition coefficient (Wildman–Crippen LogP) is 2.84. The second-order valence-electron chi connectivity index (χ2n) is 11.3. The van der Waals surface area contributed by atoms with E-state index in [1.165, 1.54) is 24.1 Å². The highest BCUT2D eigenvalue weighted by atomic mass is 19.1. The number of hydrogen-bond acceptors (Lipinski definition) is 6. The summed E-state index contributed by atoms with van der Waals surface area (Å²) >= 11 is 0. The number of rotatable bonds is 5. The second-order valence-corrected chi connectivity index (χ2v) is 11.3. The van der Waals surface area contributed by atoms with Crippen LogP contribution in [0.3, 0.4) is 0 Å². The Morgan fingerprint density at radius 2 is 1.93 bits per heavy atom. The SMILES string of the molecule is COc1ccc(CN2CC(=O)NCCCc3ccc(F)c(c3)C(=O)N3CCC[C@H]3C(=O)N[C@H](C(C)C)C2)cc1C(=O)O. The molecule has 42 heavy (non-hydrogen) atoms. The molecule has 3 N–H and O–H groups in total. The average Bonchev–Trinajstić information content (AvgIpc) is 3.45. The maximum absolute atomic E-state index is 14.8. The Bertz CT molecular complexity index is 1330. The van der Waals surface area contributed by atoms with Crippen LogP contribution < -0.4 is 15.4 Å². The Balaban J connectivity index is 1.63. The van der Waals surface area contributed by atoms with Crippen molar-refractivity contribution in [1.29, 1.82) is 0 Å². The zero-order valence-corrected chi connectivity index (χ0v) is 24.3. The van der Waals surface area contributed by atoms with Crippen LogP contribution in [0.1, 0.15) is 65.0 Å². The van der Waals surface area contributed by atoms with Gasteiger partial charge in [0.2, 0.25) is 11.8 Å². The van der Waals surface area contributed by atoms with E-state index in [2.05, 4.69) is 10.6 Å². The van der Waals surface area contributed by atoms with Gasteiger partial charge in [-0.3, -0.25) is 19.3 Å². The summed E-state index contributed by atoms with van der Waals surface area (Å²) in [5.74, 6) is -2.56. The molecule has 11 heteroatoms. The molecule has 2 aromatic carbocycles. The third kappa shape index (κ3) is 7.44. The van der Waals surface area contributed by atoms with Crippen molar-refractivity contribution in [3.05, 3.63) is 64.5 Å². The van der Waals surface area contributed by atoms with Gasteiger partial charge in [-0.05, 0) is 67.0 Å². The van der Waals surface area contributed by atoms with Crippen molar-refractivity contribution in [3.63, 3.8) is 0 Å². The van der Waals surface area contributed by atoms with E-state index in [4.69, 9.17) is 4.74 Å². The summed E-state index contributed by atoms with van der Waals surface area (Å²) in [4.78, 5) is 55.1. The number of nitrogens with zero attached hydrogens (tertiary/aromatic N) is 2. The molecule has 2 aliphatic rings. The van der Waals surface area contributed by atoms with E-state index in [1.54, 1.807) is 24.3 Å². The molecule has 1 fully saturated rings. The Morgan fingerprint density at radius 3 is 2.64 bits per heavy atom. The zero-order chi connectivity index (χ0) is 30.4. The number of fused-ring (bicyclic) bond motifs is 3. The van der Waals surface area contributed by atoms with Crippen molar-refractivity contribution < 1.29 is 33.4 Å². The summed E-state index contributed by atoms with van der Waals surface area (Å²) in [6.45, 7) is 5.26. The number of carboxylic acid groups (broad SMARTS) is 1. The number of hydrogen-bond donors (Lipinski definition) is 3. The van der Waals surface area contributed by atoms with Gasteiger partial charge in [-0.1, -0.05) is 26.0 Å². The molecule has 2 atom stereocenters. The molecule has 0 radical (unpaired) electrons. The molecule has 1 saturated heterocycles. The summed E-state index contributed by atoms with van der Waals surface area (Å²) in [7, 11) is 1.40. The number of nitrogens with one attached hydrogen (secondary N) is 2. The topological polar surface area (TPSA) is 128 Å². The Kier molecular flexibility index (Phi) is 10.2. The fraction of sp³-hybridized carbons (Fsp3) is 0.484. The summed E-state index contributed by atoms with van der Waals surface area (Å²) in [6.07, 6.45) is 2.23. The third-order valence-electron chi connectivity index (χ3n) is 7.90. The largest absolute Gasteiger partial charge is 0.496 e. The molecule has 0 aromatic heterocycles. The van der Waals surface area contributed by atoms with Crippen LogP contribution >= 0.6 is 0 Å². The van der Waals surface area contributed by atoms with Gasteiger partial charge < -0.3 is 25.4 Å². The molecule has 0 unspecified atom stereocenters. The molecule has 0 spiro atoms. The predicted molar refractivity (Wildman–Crippen MR) is 154 cm³/mol. The van der Waals surface area contributed by atoms with Crippen LogP contribution in [0.15, 0.2) is 36.4 Å². The highest BCUT2D eigenvalue weighted by molar-refractivity contribution is 5.98. The first-order valence-corrected chi connectivity index (χ1v) is 14.4. The number of carboxylic acids is 1. The number of aromatic carboxylic acids is 1. The van der Waals surface area contributed by atoms with Gasteiger partial charge in [0.1, 0.15) is 23.2 Å². The van der Waals surface area contributed by atoms with Gasteiger partial charge in [0.15, 0.2) is 0 Å². The molecule has 2 bridgehead atoms. The lowest BCUT2D eigenvalue weighted by Crippen LogP contribution is -2.53. The van der Waals surface area contributed by atoms with Crippen LogP contribution in [0.25, 0.3) is 0 Å². The van der Waals surface area contributed by atoms with Gasteiger partial charge in [0.05, 0.1) is 19.2 Å². The highest BCUT2D eigenvalue weighted by Crippen LogP contribution is 2.24. The number of benzene rings is 2. The molecule has 2 aliphatic heterocycles. The van der Waals surface area contributed by atoms with E-state index in [-0.39, 0.29) is 53.7 Å². The van der Waals surface area contributed by atoms with E-state index in [0.29, 0.717) is 50.9 Å². The minimum Gasteiger partial charge on any atom is -0.496 e. The van der Waals surface area contributed by atoms with Gasteiger partial charge in [0.25, 0.3) is 5.91 Å². The van der Waals surface area contributed by atoms with Gasteiger partial charge in [0, 0.05) is 32.2 Å². The molecule has 2 aromatic rings. The van der Waals surface area contributed by atoms with E-state index < -0.39 is 23.7 Å². The van der Waals surface area contributed by atoms with Crippen LogP contribution in [-0.4, -0.2) is 84.0 Å². The van der Waals surface area contributed by atoms with E-state index in [9.17, 15) is 28.7 Å². The summed E-state index contributed by atoms with van der Waals surface area (Å²) < 4.78 is 19.9. The molecular formula is C31H39FN4O6. The van der Waals surface area contributed by atoms with Crippen molar-refractivity contribution >= 4 is 23.7 Å². The average molecular weight is 583 g/mol. The summed E-state index contributed by atoms with van der Waals surface area (Å²) in [5, 5.41) is 15.6.